The first kappa shape index (κ1) is 18.1. The number of carbonyl (C=O) groups is 2. The summed E-state index contributed by atoms with van der Waals surface area (Å²) in [5.74, 6) is 0.881. The van der Waals surface area contributed by atoms with Crippen LogP contribution in [-0.2, 0) is 14.3 Å². The van der Waals surface area contributed by atoms with Crippen molar-refractivity contribution < 1.29 is 19.1 Å². The molecule has 1 amide bonds. The number of methoxy groups -OCH3 is 1. The standard InChI is InChI=1S/C18H31NO4/c1-18(2,3)23-17(21)19-11-10-14(12-15(19)16(20)22-4)13-8-6-5-7-9-13/h13-15H,5-12H2,1-4H3/t14-,15+/m1/s1. The van der Waals surface area contributed by atoms with Crippen LogP contribution in [0.4, 0.5) is 4.79 Å². The monoisotopic (exact) mass is 325 g/mol. The Morgan fingerprint density at radius 1 is 1.00 bits per heavy atom. The van der Waals surface area contributed by atoms with Gasteiger partial charge in [-0.25, -0.2) is 9.59 Å². The summed E-state index contributed by atoms with van der Waals surface area (Å²) in [6, 6.07) is -0.504. The molecule has 0 unspecified atom stereocenters. The van der Waals surface area contributed by atoms with Crippen molar-refractivity contribution in [2.45, 2.75) is 77.4 Å². The molecular weight excluding hydrogens is 294 g/mol. The third-order valence-electron chi connectivity index (χ3n) is 5.06. The quantitative estimate of drug-likeness (QED) is 0.726. The average molecular weight is 325 g/mol. The molecule has 0 N–H and O–H groups in total. The molecule has 0 radical (unpaired) electrons. The maximum Gasteiger partial charge on any atom is 0.411 e. The minimum absolute atomic E-state index is 0.323. The van der Waals surface area contributed by atoms with Gasteiger partial charge in [-0.1, -0.05) is 32.1 Å². The van der Waals surface area contributed by atoms with E-state index in [2.05, 4.69) is 0 Å². The van der Waals surface area contributed by atoms with Crippen LogP contribution < -0.4 is 0 Å². The molecule has 5 nitrogen and oxygen atoms in total. The van der Waals surface area contributed by atoms with Gasteiger partial charge >= 0.3 is 12.1 Å². The molecule has 132 valence electrons. The molecule has 5 heteroatoms. The van der Waals surface area contributed by atoms with E-state index < -0.39 is 17.7 Å². The summed E-state index contributed by atoms with van der Waals surface area (Å²) in [5, 5.41) is 0. The molecule has 0 spiro atoms. The van der Waals surface area contributed by atoms with Crippen molar-refractivity contribution in [2.24, 2.45) is 11.8 Å². The Labute approximate surface area is 139 Å². The molecule has 1 saturated carbocycles. The molecule has 1 saturated heterocycles. The fraction of sp³-hybridized carbons (Fsp3) is 0.889. The molecule has 23 heavy (non-hydrogen) atoms. The first-order chi connectivity index (χ1) is 10.8. The van der Waals surface area contributed by atoms with Gasteiger partial charge in [-0.05, 0) is 45.4 Å². The topological polar surface area (TPSA) is 55.8 Å². The summed E-state index contributed by atoms with van der Waals surface area (Å²) in [7, 11) is 1.39. The molecule has 2 atom stereocenters. The lowest BCUT2D eigenvalue weighted by Crippen LogP contribution is -2.52. The van der Waals surface area contributed by atoms with E-state index >= 15 is 0 Å². The van der Waals surface area contributed by atoms with Crippen LogP contribution in [0, 0.1) is 11.8 Å². The molecule has 1 aliphatic heterocycles. The second-order valence-electron chi connectivity index (χ2n) is 7.90. The van der Waals surface area contributed by atoms with Crippen molar-refractivity contribution in [1.82, 2.24) is 4.90 Å². The zero-order valence-electron chi connectivity index (χ0n) is 15.0. The number of esters is 1. The smallest absolute Gasteiger partial charge is 0.411 e. The summed E-state index contributed by atoms with van der Waals surface area (Å²) in [6.45, 7) is 6.10. The number of rotatable bonds is 2. The second-order valence-corrected chi connectivity index (χ2v) is 7.90. The Balaban J connectivity index is 2.05. The highest BCUT2D eigenvalue weighted by atomic mass is 16.6. The van der Waals surface area contributed by atoms with E-state index in [9.17, 15) is 9.59 Å². The Morgan fingerprint density at radius 3 is 2.22 bits per heavy atom. The fourth-order valence-corrected chi connectivity index (χ4v) is 3.92. The van der Waals surface area contributed by atoms with Crippen molar-refractivity contribution in [3.05, 3.63) is 0 Å². The van der Waals surface area contributed by atoms with Gasteiger partial charge in [0.05, 0.1) is 7.11 Å². The Bertz CT molecular complexity index is 423. The van der Waals surface area contributed by atoms with Gasteiger partial charge in [0, 0.05) is 6.54 Å². The molecule has 2 fully saturated rings. The maximum absolute atomic E-state index is 12.4. The third kappa shape index (κ3) is 4.85. The fourth-order valence-electron chi connectivity index (χ4n) is 3.92. The molecule has 1 heterocycles. The lowest BCUT2D eigenvalue weighted by atomic mass is 9.74. The zero-order chi connectivity index (χ0) is 17.0. The van der Waals surface area contributed by atoms with E-state index in [1.54, 1.807) is 4.90 Å². The predicted molar refractivity (Wildman–Crippen MR) is 88.0 cm³/mol. The van der Waals surface area contributed by atoms with E-state index in [0.29, 0.717) is 24.8 Å². The van der Waals surface area contributed by atoms with E-state index in [1.165, 1.54) is 39.2 Å². The van der Waals surface area contributed by atoms with Gasteiger partial charge in [-0.15, -0.1) is 0 Å². The third-order valence-corrected chi connectivity index (χ3v) is 5.06. The molecular formula is C18H31NO4. The summed E-state index contributed by atoms with van der Waals surface area (Å²) >= 11 is 0. The number of ether oxygens (including phenoxy) is 2. The van der Waals surface area contributed by atoms with E-state index in [0.717, 1.165) is 6.42 Å². The maximum atomic E-state index is 12.4. The zero-order valence-corrected chi connectivity index (χ0v) is 15.0. The first-order valence-corrected chi connectivity index (χ1v) is 8.89. The van der Waals surface area contributed by atoms with Gasteiger partial charge in [0.15, 0.2) is 0 Å². The van der Waals surface area contributed by atoms with Crippen LogP contribution in [-0.4, -0.2) is 42.3 Å². The van der Waals surface area contributed by atoms with Gasteiger partial charge in [0.25, 0.3) is 0 Å². The molecule has 0 bridgehead atoms. The number of amides is 1. The highest BCUT2D eigenvalue weighted by Gasteiger charge is 2.41. The van der Waals surface area contributed by atoms with Crippen LogP contribution in [0.15, 0.2) is 0 Å². The molecule has 0 aromatic heterocycles. The highest BCUT2D eigenvalue weighted by molar-refractivity contribution is 5.81. The summed E-state index contributed by atoms with van der Waals surface area (Å²) < 4.78 is 10.4. The summed E-state index contributed by atoms with van der Waals surface area (Å²) in [6.07, 6.45) is 7.67. The van der Waals surface area contributed by atoms with Crippen LogP contribution in [0.25, 0.3) is 0 Å². The first-order valence-electron chi connectivity index (χ1n) is 8.89. The van der Waals surface area contributed by atoms with Gasteiger partial charge in [-0.3, -0.25) is 4.90 Å². The Morgan fingerprint density at radius 2 is 1.65 bits per heavy atom. The predicted octanol–water partition coefficient (Wildman–Crippen LogP) is 3.76. The lowest BCUT2D eigenvalue weighted by molar-refractivity contribution is -0.149. The van der Waals surface area contributed by atoms with E-state index in [4.69, 9.17) is 9.47 Å². The molecule has 0 aromatic rings. The Hall–Kier alpha value is -1.26. The molecule has 0 aromatic carbocycles. The minimum Gasteiger partial charge on any atom is -0.467 e. The minimum atomic E-state index is -0.558. The highest BCUT2D eigenvalue weighted by Crippen LogP contribution is 2.38. The molecule has 1 aliphatic carbocycles. The number of carbonyl (C=O) groups excluding carboxylic acids is 2. The number of hydrogen-bond acceptors (Lipinski definition) is 4. The van der Waals surface area contributed by atoms with Gasteiger partial charge in [-0.2, -0.15) is 0 Å². The van der Waals surface area contributed by atoms with Crippen LogP contribution in [0.2, 0.25) is 0 Å². The Kier molecular flexibility index (Phi) is 5.93. The molecule has 2 rings (SSSR count). The van der Waals surface area contributed by atoms with Crippen LogP contribution in [0.5, 0.6) is 0 Å². The van der Waals surface area contributed by atoms with Crippen LogP contribution in [0.1, 0.15) is 65.7 Å². The van der Waals surface area contributed by atoms with E-state index in [1.807, 2.05) is 20.8 Å². The number of likely N-dealkylation sites (tertiary alicyclic amines) is 1. The van der Waals surface area contributed by atoms with Gasteiger partial charge < -0.3 is 9.47 Å². The number of piperidine rings is 1. The van der Waals surface area contributed by atoms with Gasteiger partial charge in [0.1, 0.15) is 11.6 Å². The van der Waals surface area contributed by atoms with Crippen LogP contribution >= 0.6 is 0 Å². The normalized spacial score (nSPS) is 26.7. The van der Waals surface area contributed by atoms with Crippen molar-refractivity contribution in [1.29, 1.82) is 0 Å². The largest absolute Gasteiger partial charge is 0.467 e. The second kappa shape index (κ2) is 7.54. The summed E-state index contributed by atoms with van der Waals surface area (Å²) in [5.41, 5.74) is -0.558. The van der Waals surface area contributed by atoms with Gasteiger partial charge in [0.2, 0.25) is 0 Å². The SMILES string of the molecule is COC(=O)[C@@H]1C[C@H](C2CCCCC2)CCN1C(=O)OC(C)(C)C. The number of nitrogens with zero attached hydrogens (tertiary/aromatic N) is 1. The van der Waals surface area contributed by atoms with Crippen molar-refractivity contribution in [2.75, 3.05) is 13.7 Å². The van der Waals surface area contributed by atoms with Crippen molar-refractivity contribution >= 4 is 12.1 Å². The van der Waals surface area contributed by atoms with Crippen molar-refractivity contribution in [3.8, 4) is 0 Å². The average Bonchev–Trinajstić information content (AvgIpc) is 2.52. The van der Waals surface area contributed by atoms with E-state index in [-0.39, 0.29) is 5.97 Å². The van der Waals surface area contributed by atoms with Crippen LogP contribution in [0.3, 0.4) is 0 Å². The summed E-state index contributed by atoms with van der Waals surface area (Å²) in [4.78, 5) is 26.2. The molecule has 2 aliphatic rings. The van der Waals surface area contributed by atoms with Crippen molar-refractivity contribution in [3.63, 3.8) is 0 Å². The lowest BCUT2D eigenvalue weighted by Gasteiger charge is -2.41. The number of hydrogen-bond donors (Lipinski definition) is 0.